The number of nitrogens with one attached hydrogen (secondary N) is 1. The molecule has 15 heavy (non-hydrogen) atoms. The third-order valence-electron chi connectivity index (χ3n) is 2.11. The van der Waals surface area contributed by atoms with Gasteiger partial charge in [-0.25, -0.2) is 0 Å². The number of hydrogen-bond donors (Lipinski definition) is 1. The summed E-state index contributed by atoms with van der Waals surface area (Å²) >= 11 is 5.19. The molecule has 2 aromatic rings. The molecule has 0 radical (unpaired) electrons. The molecule has 2 rings (SSSR count). The lowest BCUT2D eigenvalue weighted by Crippen LogP contribution is -2.05. The zero-order valence-electron chi connectivity index (χ0n) is 8.62. The van der Waals surface area contributed by atoms with Crippen molar-refractivity contribution in [1.29, 1.82) is 0 Å². The van der Waals surface area contributed by atoms with Crippen molar-refractivity contribution in [3.05, 3.63) is 27.7 Å². The monoisotopic (exact) mass is 285 g/mol. The van der Waals surface area contributed by atoms with Crippen LogP contribution >= 0.6 is 27.3 Å². The zero-order chi connectivity index (χ0) is 10.8. The van der Waals surface area contributed by atoms with E-state index in [2.05, 4.69) is 44.5 Å². The minimum Gasteiger partial charge on any atom is -0.314 e. The average molecular weight is 286 g/mol. The average Bonchev–Trinajstić information content (AvgIpc) is 2.73. The van der Waals surface area contributed by atoms with Crippen molar-refractivity contribution in [2.75, 3.05) is 7.05 Å². The van der Waals surface area contributed by atoms with E-state index in [0.29, 0.717) is 0 Å². The molecule has 80 valence electrons. The number of hydrogen-bond acceptors (Lipinski definition) is 3. The highest BCUT2D eigenvalue weighted by Gasteiger charge is 2.08. The quantitative estimate of drug-likeness (QED) is 0.940. The van der Waals surface area contributed by atoms with Crippen molar-refractivity contribution >= 4 is 27.3 Å². The molecule has 0 aliphatic carbocycles. The second-order valence-electron chi connectivity index (χ2n) is 3.28. The minimum atomic E-state index is 0.806. The van der Waals surface area contributed by atoms with Gasteiger partial charge < -0.3 is 5.32 Å². The third kappa shape index (κ3) is 2.30. The SMILES string of the molecule is CNCc1cc(-c2ccc(Br)s2)n(C)n1. The third-order valence-corrected chi connectivity index (χ3v) is 3.76. The van der Waals surface area contributed by atoms with Gasteiger partial charge in [0.05, 0.1) is 20.1 Å². The second-order valence-corrected chi connectivity index (χ2v) is 5.74. The van der Waals surface area contributed by atoms with Crippen LogP contribution < -0.4 is 5.32 Å². The van der Waals surface area contributed by atoms with Crippen molar-refractivity contribution in [2.45, 2.75) is 6.54 Å². The number of thiophene rings is 1. The van der Waals surface area contributed by atoms with E-state index in [9.17, 15) is 0 Å². The highest BCUT2D eigenvalue weighted by Crippen LogP contribution is 2.31. The van der Waals surface area contributed by atoms with Gasteiger partial charge in [-0.05, 0) is 41.2 Å². The number of halogens is 1. The smallest absolute Gasteiger partial charge is 0.0782 e. The van der Waals surface area contributed by atoms with Crippen LogP contribution in [0.3, 0.4) is 0 Å². The molecule has 0 saturated heterocycles. The fourth-order valence-electron chi connectivity index (χ4n) is 1.48. The Morgan fingerprint density at radius 1 is 1.53 bits per heavy atom. The molecule has 0 atom stereocenters. The maximum atomic E-state index is 4.43. The molecule has 0 aliphatic rings. The van der Waals surface area contributed by atoms with Gasteiger partial charge in [-0.3, -0.25) is 4.68 Å². The number of aromatic nitrogens is 2. The topological polar surface area (TPSA) is 29.9 Å². The molecule has 2 heterocycles. The first-order chi connectivity index (χ1) is 7.20. The number of rotatable bonds is 3. The molecular weight excluding hydrogens is 274 g/mol. The first-order valence-electron chi connectivity index (χ1n) is 4.64. The summed E-state index contributed by atoms with van der Waals surface area (Å²) in [7, 11) is 3.90. The van der Waals surface area contributed by atoms with E-state index in [1.54, 1.807) is 11.3 Å². The van der Waals surface area contributed by atoms with Gasteiger partial charge in [-0.15, -0.1) is 11.3 Å². The molecular formula is C10H12BrN3S. The van der Waals surface area contributed by atoms with Crippen molar-refractivity contribution < 1.29 is 0 Å². The Hall–Kier alpha value is -0.650. The van der Waals surface area contributed by atoms with Crippen molar-refractivity contribution in [1.82, 2.24) is 15.1 Å². The van der Waals surface area contributed by atoms with Gasteiger partial charge in [0.25, 0.3) is 0 Å². The molecule has 1 N–H and O–H groups in total. The highest BCUT2D eigenvalue weighted by molar-refractivity contribution is 9.11. The largest absolute Gasteiger partial charge is 0.314 e. The lowest BCUT2D eigenvalue weighted by molar-refractivity contribution is 0.716. The lowest BCUT2D eigenvalue weighted by Gasteiger charge is -1.95. The summed E-state index contributed by atoms with van der Waals surface area (Å²) in [5, 5.41) is 7.53. The van der Waals surface area contributed by atoms with E-state index < -0.39 is 0 Å². The van der Waals surface area contributed by atoms with Crippen molar-refractivity contribution in [3.63, 3.8) is 0 Å². The van der Waals surface area contributed by atoms with Gasteiger partial charge in [-0.1, -0.05) is 0 Å². The Kier molecular flexibility index (Phi) is 3.23. The molecule has 5 heteroatoms. The van der Waals surface area contributed by atoms with E-state index in [4.69, 9.17) is 0 Å². The summed E-state index contributed by atoms with van der Waals surface area (Å²) in [6, 6.07) is 6.29. The van der Waals surface area contributed by atoms with Gasteiger partial charge in [0.1, 0.15) is 0 Å². The highest BCUT2D eigenvalue weighted by atomic mass is 79.9. The van der Waals surface area contributed by atoms with Crippen LogP contribution in [0.2, 0.25) is 0 Å². The molecule has 0 bridgehead atoms. The molecule has 0 fully saturated rings. The van der Waals surface area contributed by atoms with Crippen LogP contribution in [0.25, 0.3) is 10.6 Å². The van der Waals surface area contributed by atoms with Crippen LogP contribution in [-0.4, -0.2) is 16.8 Å². The fourth-order valence-corrected chi connectivity index (χ4v) is 2.91. The van der Waals surface area contributed by atoms with Gasteiger partial charge >= 0.3 is 0 Å². The van der Waals surface area contributed by atoms with Gasteiger partial charge in [0.2, 0.25) is 0 Å². The Balaban J connectivity index is 2.35. The summed E-state index contributed by atoms with van der Waals surface area (Å²) in [5.74, 6) is 0. The zero-order valence-corrected chi connectivity index (χ0v) is 11.0. The maximum absolute atomic E-state index is 4.43. The van der Waals surface area contributed by atoms with E-state index in [0.717, 1.165) is 21.7 Å². The molecule has 0 spiro atoms. The maximum Gasteiger partial charge on any atom is 0.0782 e. The molecule has 2 aromatic heterocycles. The van der Waals surface area contributed by atoms with Crippen LogP contribution in [0.15, 0.2) is 22.0 Å². The van der Waals surface area contributed by atoms with Crippen molar-refractivity contribution in [2.24, 2.45) is 7.05 Å². The molecule has 0 aromatic carbocycles. The van der Waals surface area contributed by atoms with Crippen LogP contribution in [0.1, 0.15) is 5.69 Å². The normalized spacial score (nSPS) is 10.9. The van der Waals surface area contributed by atoms with E-state index >= 15 is 0 Å². The Morgan fingerprint density at radius 2 is 2.33 bits per heavy atom. The lowest BCUT2D eigenvalue weighted by atomic mass is 10.3. The predicted octanol–water partition coefficient (Wildman–Crippen LogP) is 2.63. The van der Waals surface area contributed by atoms with E-state index in [1.807, 2.05) is 18.8 Å². The van der Waals surface area contributed by atoms with E-state index in [1.165, 1.54) is 4.88 Å². The first kappa shape index (κ1) is 10.9. The summed E-state index contributed by atoms with van der Waals surface area (Å²) in [4.78, 5) is 1.24. The summed E-state index contributed by atoms with van der Waals surface area (Å²) in [6.45, 7) is 0.806. The molecule has 0 unspecified atom stereocenters. The van der Waals surface area contributed by atoms with Crippen LogP contribution in [0.5, 0.6) is 0 Å². The fraction of sp³-hybridized carbons (Fsp3) is 0.300. The molecule has 3 nitrogen and oxygen atoms in total. The molecule has 0 saturated carbocycles. The van der Waals surface area contributed by atoms with Gasteiger partial charge in [0, 0.05) is 13.6 Å². The minimum absolute atomic E-state index is 0.806. The Morgan fingerprint density at radius 3 is 2.93 bits per heavy atom. The van der Waals surface area contributed by atoms with Crippen LogP contribution in [0, 0.1) is 0 Å². The standard InChI is InChI=1S/C10H12BrN3S/c1-12-6-7-5-8(14(2)13-7)9-3-4-10(11)15-9/h3-5,12H,6H2,1-2H3. The Bertz CT molecular complexity index is 461. The van der Waals surface area contributed by atoms with Crippen LogP contribution in [0.4, 0.5) is 0 Å². The van der Waals surface area contributed by atoms with Gasteiger partial charge in [0.15, 0.2) is 0 Å². The summed E-state index contributed by atoms with van der Waals surface area (Å²) in [5.41, 5.74) is 2.23. The predicted molar refractivity (Wildman–Crippen MR) is 67.0 cm³/mol. The summed E-state index contributed by atoms with van der Waals surface area (Å²) in [6.07, 6.45) is 0. The van der Waals surface area contributed by atoms with E-state index in [-0.39, 0.29) is 0 Å². The second kappa shape index (κ2) is 4.47. The first-order valence-corrected chi connectivity index (χ1v) is 6.25. The summed E-state index contributed by atoms with van der Waals surface area (Å²) < 4.78 is 3.07. The number of aryl methyl sites for hydroxylation is 1. The Labute approximate surface area is 101 Å². The van der Waals surface area contributed by atoms with Gasteiger partial charge in [-0.2, -0.15) is 5.10 Å². The molecule has 0 aliphatic heterocycles. The number of nitrogens with zero attached hydrogens (tertiary/aromatic N) is 2. The molecule has 0 amide bonds. The van der Waals surface area contributed by atoms with Crippen molar-refractivity contribution in [3.8, 4) is 10.6 Å². The van der Waals surface area contributed by atoms with Crippen LogP contribution in [-0.2, 0) is 13.6 Å².